The van der Waals surface area contributed by atoms with Crippen LogP contribution >= 0.6 is 11.8 Å². The summed E-state index contributed by atoms with van der Waals surface area (Å²) in [4.78, 5) is 35.5. The van der Waals surface area contributed by atoms with E-state index in [-0.39, 0.29) is 11.3 Å². The van der Waals surface area contributed by atoms with Crippen molar-refractivity contribution in [2.75, 3.05) is 0 Å². The van der Waals surface area contributed by atoms with Crippen molar-refractivity contribution in [3.63, 3.8) is 0 Å². The molecule has 2 aromatic heterocycles. The lowest BCUT2D eigenvalue weighted by atomic mass is 10.1. The third kappa shape index (κ3) is 3.78. The summed E-state index contributed by atoms with van der Waals surface area (Å²) < 4.78 is 1.52. The number of aryl methyl sites for hydroxylation is 2. The third-order valence-electron chi connectivity index (χ3n) is 4.93. The highest BCUT2D eigenvalue weighted by Gasteiger charge is 2.22. The summed E-state index contributed by atoms with van der Waals surface area (Å²) in [6, 6.07) is 18.5. The van der Waals surface area contributed by atoms with Crippen LogP contribution in [0.5, 0.6) is 0 Å². The molecule has 0 aliphatic carbocycles. The Morgan fingerprint density at radius 2 is 1.73 bits per heavy atom. The molecule has 2 heterocycles. The van der Waals surface area contributed by atoms with Gasteiger partial charge in [0.25, 0.3) is 5.56 Å². The van der Waals surface area contributed by atoms with Crippen LogP contribution in [0, 0.1) is 13.8 Å². The first-order chi connectivity index (χ1) is 14.5. The molecule has 4 aromatic rings. The summed E-state index contributed by atoms with van der Waals surface area (Å²) in [5, 5.41) is 0.550. The molecule has 0 unspecified atom stereocenters. The van der Waals surface area contributed by atoms with E-state index in [1.54, 1.807) is 12.3 Å². The van der Waals surface area contributed by atoms with Gasteiger partial charge in [-0.25, -0.2) is 14.5 Å². The van der Waals surface area contributed by atoms with Gasteiger partial charge in [0.2, 0.25) is 0 Å². The van der Waals surface area contributed by atoms with E-state index in [0.717, 1.165) is 11.1 Å². The Morgan fingerprint density at radius 1 is 1.00 bits per heavy atom. The molecule has 4 rings (SSSR count). The van der Waals surface area contributed by atoms with Gasteiger partial charge in [-0.15, -0.1) is 0 Å². The van der Waals surface area contributed by atoms with Crippen molar-refractivity contribution < 1.29 is 4.79 Å². The lowest BCUT2D eigenvalue weighted by Crippen LogP contribution is -2.25. The highest BCUT2D eigenvalue weighted by molar-refractivity contribution is 8.00. The number of pyridine rings is 1. The van der Waals surface area contributed by atoms with Crippen molar-refractivity contribution in [3.8, 4) is 5.82 Å². The molecule has 6 heteroatoms. The Kier molecular flexibility index (Phi) is 5.50. The minimum atomic E-state index is -0.420. The Hall–Kier alpha value is -3.25. The zero-order valence-electron chi connectivity index (χ0n) is 17.0. The van der Waals surface area contributed by atoms with E-state index in [1.165, 1.54) is 16.3 Å². The van der Waals surface area contributed by atoms with Crippen molar-refractivity contribution in [2.45, 2.75) is 31.2 Å². The largest absolute Gasteiger partial charge is 0.293 e. The Balaban J connectivity index is 1.82. The number of carbonyl (C=O) groups excluding carboxylic acids is 1. The number of thioether (sulfide) groups is 1. The first-order valence-electron chi connectivity index (χ1n) is 9.67. The van der Waals surface area contributed by atoms with Gasteiger partial charge in [0.1, 0.15) is 5.82 Å². The molecule has 0 fully saturated rings. The maximum atomic E-state index is 13.3. The number of benzene rings is 2. The van der Waals surface area contributed by atoms with E-state index in [2.05, 4.69) is 4.98 Å². The van der Waals surface area contributed by atoms with Crippen LogP contribution in [0.3, 0.4) is 0 Å². The second-order valence-electron chi connectivity index (χ2n) is 7.19. The zero-order chi connectivity index (χ0) is 21.3. The number of para-hydroxylation sites is 1. The van der Waals surface area contributed by atoms with E-state index in [4.69, 9.17) is 4.98 Å². The summed E-state index contributed by atoms with van der Waals surface area (Å²) in [5.41, 5.74) is 3.01. The van der Waals surface area contributed by atoms with Gasteiger partial charge in [0, 0.05) is 11.8 Å². The molecule has 0 spiro atoms. The predicted molar refractivity (Wildman–Crippen MR) is 121 cm³/mol. The molecule has 0 saturated carbocycles. The third-order valence-corrected chi connectivity index (χ3v) is 5.98. The normalized spacial score (nSPS) is 12.1. The topological polar surface area (TPSA) is 64.8 Å². The monoisotopic (exact) mass is 415 g/mol. The number of aromatic nitrogens is 3. The number of nitrogens with zero attached hydrogens (tertiary/aromatic N) is 3. The molecule has 0 amide bonds. The van der Waals surface area contributed by atoms with Gasteiger partial charge >= 0.3 is 0 Å². The lowest BCUT2D eigenvalue weighted by Gasteiger charge is -2.16. The van der Waals surface area contributed by atoms with Gasteiger partial charge in [0.15, 0.2) is 10.9 Å². The number of hydrogen-bond donors (Lipinski definition) is 0. The molecule has 0 aliphatic rings. The lowest BCUT2D eigenvalue weighted by molar-refractivity contribution is 0.0994. The molecule has 0 N–H and O–H groups in total. The van der Waals surface area contributed by atoms with Crippen LogP contribution < -0.4 is 5.56 Å². The Labute approximate surface area is 178 Å². The van der Waals surface area contributed by atoms with Crippen molar-refractivity contribution in [1.82, 2.24) is 14.5 Å². The number of rotatable bonds is 5. The fourth-order valence-electron chi connectivity index (χ4n) is 3.25. The SMILES string of the molecule is Cc1ccc(C(=O)[C@H](C)Sc2nc3ccccc3c(=O)n2-c2ncccc2C)cc1. The maximum absolute atomic E-state index is 13.3. The second kappa shape index (κ2) is 8.24. The quantitative estimate of drug-likeness (QED) is 0.267. The maximum Gasteiger partial charge on any atom is 0.267 e. The highest BCUT2D eigenvalue weighted by atomic mass is 32.2. The number of Topliss-reactive ketones (excluding diaryl/α,β-unsaturated/α-hetero) is 1. The summed E-state index contributed by atoms with van der Waals surface area (Å²) in [6.45, 7) is 5.72. The van der Waals surface area contributed by atoms with E-state index in [9.17, 15) is 9.59 Å². The number of ketones is 1. The zero-order valence-corrected chi connectivity index (χ0v) is 17.8. The van der Waals surface area contributed by atoms with Crippen LogP contribution in [-0.4, -0.2) is 25.6 Å². The molecular weight excluding hydrogens is 394 g/mol. The van der Waals surface area contributed by atoms with Crippen LogP contribution in [0.25, 0.3) is 16.7 Å². The Morgan fingerprint density at radius 3 is 2.47 bits per heavy atom. The van der Waals surface area contributed by atoms with Gasteiger partial charge in [-0.2, -0.15) is 0 Å². The fraction of sp³-hybridized carbons (Fsp3) is 0.167. The van der Waals surface area contributed by atoms with E-state index in [0.29, 0.717) is 27.4 Å². The molecule has 1 atom stereocenters. The first-order valence-corrected chi connectivity index (χ1v) is 10.5. The van der Waals surface area contributed by atoms with Crippen LogP contribution in [0.1, 0.15) is 28.4 Å². The standard InChI is InChI=1S/C24H21N3O2S/c1-15-10-12-18(13-11-15)21(28)17(3)30-24-26-20-9-5-4-8-19(20)23(29)27(24)22-16(2)7-6-14-25-22/h4-14,17H,1-3H3/t17-/m0/s1. The highest BCUT2D eigenvalue weighted by Crippen LogP contribution is 2.27. The van der Waals surface area contributed by atoms with Crippen molar-refractivity contribution in [1.29, 1.82) is 0 Å². The van der Waals surface area contributed by atoms with Gasteiger partial charge in [-0.05, 0) is 44.5 Å². The summed E-state index contributed by atoms with van der Waals surface area (Å²) in [5.74, 6) is 0.518. The van der Waals surface area contributed by atoms with Crippen LogP contribution in [0.2, 0.25) is 0 Å². The summed E-state index contributed by atoms with van der Waals surface area (Å²) in [7, 11) is 0. The molecule has 0 saturated heterocycles. The molecule has 0 bridgehead atoms. The molecule has 5 nitrogen and oxygen atoms in total. The summed E-state index contributed by atoms with van der Waals surface area (Å²) in [6.07, 6.45) is 1.65. The minimum Gasteiger partial charge on any atom is -0.293 e. The first kappa shape index (κ1) is 20.0. The van der Waals surface area contributed by atoms with E-state index < -0.39 is 5.25 Å². The van der Waals surface area contributed by atoms with E-state index in [1.807, 2.05) is 75.4 Å². The van der Waals surface area contributed by atoms with Crippen LogP contribution in [0.4, 0.5) is 0 Å². The van der Waals surface area contributed by atoms with Crippen molar-refractivity contribution >= 4 is 28.4 Å². The van der Waals surface area contributed by atoms with Gasteiger partial charge in [0.05, 0.1) is 16.2 Å². The number of fused-ring (bicyclic) bond motifs is 1. The van der Waals surface area contributed by atoms with Gasteiger partial charge in [-0.1, -0.05) is 59.8 Å². The second-order valence-corrected chi connectivity index (χ2v) is 8.49. The van der Waals surface area contributed by atoms with Crippen LogP contribution in [-0.2, 0) is 0 Å². The number of carbonyl (C=O) groups is 1. The molecule has 150 valence electrons. The average Bonchev–Trinajstić information content (AvgIpc) is 2.75. The molecular formula is C24H21N3O2S. The molecule has 0 aliphatic heterocycles. The average molecular weight is 416 g/mol. The molecule has 30 heavy (non-hydrogen) atoms. The minimum absolute atomic E-state index is 0.00768. The number of hydrogen-bond acceptors (Lipinski definition) is 5. The van der Waals surface area contributed by atoms with Crippen molar-refractivity contribution in [2.24, 2.45) is 0 Å². The predicted octanol–water partition coefficient (Wildman–Crippen LogP) is 4.76. The molecule has 2 aromatic carbocycles. The van der Waals surface area contributed by atoms with Crippen LogP contribution in [0.15, 0.2) is 76.8 Å². The summed E-state index contributed by atoms with van der Waals surface area (Å²) >= 11 is 1.27. The van der Waals surface area contributed by atoms with Gasteiger partial charge in [-0.3, -0.25) is 9.59 Å². The van der Waals surface area contributed by atoms with E-state index >= 15 is 0 Å². The van der Waals surface area contributed by atoms with Gasteiger partial charge < -0.3 is 0 Å². The Bertz CT molecular complexity index is 1300. The molecule has 0 radical (unpaired) electrons. The fourth-order valence-corrected chi connectivity index (χ4v) is 4.24. The van der Waals surface area contributed by atoms with Crippen molar-refractivity contribution in [3.05, 3.63) is 93.9 Å². The smallest absolute Gasteiger partial charge is 0.267 e.